The van der Waals surface area contributed by atoms with E-state index < -0.39 is 12.8 Å². The van der Waals surface area contributed by atoms with E-state index in [0.29, 0.717) is 17.4 Å². The van der Waals surface area contributed by atoms with Crippen LogP contribution in [0.4, 0.5) is 13.2 Å². The van der Waals surface area contributed by atoms with Gasteiger partial charge in [0.1, 0.15) is 17.4 Å². The first-order valence-corrected chi connectivity index (χ1v) is 7.68. The number of fused-ring (bicyclic) bond motifs is 1. The summed E-state index contributed by atoms with van der Waals surface area (Å²) in [4.78, 5) is 12.2. The Labute approximate surface area is 146 Å². The van der Waals surface area contributed by atoms with Crippen molar-refractivity contribution in [2.75, 3.05) is 6.61 Å². The van der Waals surface area contributed by atoms with Crippen molar-refractivity contribution in [3.05, 3.63) is 76.1 Å². The summed E-state index contributed by atoms with van der Waals surface area (Å²) in [5.41, 5.74) is 1.18. The normalized spacial score (nSPS) is 11.3. The van der Waals surface area contributed by atoms with Crippen LogP contribution in [-0.2, 0) is 6.54 Å². The molecule has 0 atom stereocenters. The molecule has 0 N–H and O–H groups in total. The van der Waals surface area contributed by atoms with Gasteiger partial charge in [-0.25, -0.2) is 0 Å². The van der Waals surface area contributed by atoms with E-state index in [2.05, 4.69) is 4.74 Å². The molecule has 3 rings (SSSR count). The fraction of sp³-hybridized carbons (Fsp3) is 0.158. The zero-order valence-corrected chi connectivity index (χ0v) is 13.5. The van der Waals surface area contributed by atoms with E-state index >= 15 is 0 Å². The Kier molecular flexibility index (Phi) is 4.67. The van der Waals surface area contributed by atoms with Gasteiger partial charge in [-0.1, -0.05) is 24.3 Å². The number of aromatic nitrogens is 1. The van der Waals surface area contributed by atoms with E-state index in [1.54, 1.807) is 41.0 Å². The molecule has 0 bridgehead atoms. The Bertz CT molecular complexity index is 1030. The Hall–Kier alpha value is -3.27. The van der Waals surface area contributed by atoms with Crippen LogP contribution in [0.25, 0.3) is 10.9 Å². The Balaban J connectivity index is 1.89. The summed E-state index contributed by atoms with van der Waals surface area (Å²) < 4.78 is 43.0. The molecule has 0 spiro atoms. The minimum absolute atomic E-state index is 0.0360. The Morgan fingerprint density at radius 3 is 2.42 bits per heavy atom. The fourth-order valence-electron chi connectivity index (χ4n) is 2.61. The van der Waals surface area contributed by atoms with Crippen LogP contribution in [0.15, 0.2) is 59.5 Å². The third-order valence-corrected chi connectivity index (χ3v) is 3.79. The van der Waals surface area contributed by atoms with Crippen LogP contribution in [0, 0.1) is 11.3 Å². The van der Waals surface area contributed by atoms with Crippen molar-refractivity contribution in [1.82, 2.24) is 4.57 Å². The molecule has 0 aliphatic carbocycles. The largest absolute Gasteiger partial charge is 0.484 e. The van der Waals surface area contributed by atoms with Crippen LogP contribution < -0.4 is 10.2 Å². The first-order chi connectivity index (χ1) is 12.4. The molecule has 7 heteroatoms. The van der Waals surface area contributed by atoms with Crippen LogP contribution in [0.5, 0.6) is 5.75 Å². The molecule has 2 aromatic carbocycles. The van der Waals surface area contributed by atoms with Gasteiger partial charge in [0.25, 0.3) is 0 Å². The van der Waals surface area contributed by atoms with Crippen molar-refractivity contribution in [2.45, 2.75) is 12.7 Å². The van der Waals surface area contributed by atoms with Crippen LogP contribution in [-0.4, -0.2) is 17.4 Å². The van der Waals surface area contributed by atoms with Gasteiger partial charge in [0.05, 0.1) is 5.52 Å². The molecule has 1 aromatic heterocycles. The second-order valence-corrected chi connectivity index (χ2v) is 5.68. The van der Waals surface area contributed by atoms with Crippen LogP contribution in [0.1, 0.15) is 11.1 Å². The predicted molar refractivity (Wildman–Crippen MR) is 90.0 cm³/mol. The molecule has 0 radical (unpaired) electrons. The van der Waals surface area contributed by atoms with Crippen LogP contribution in [0.2, 0.25) is 0 Å². The highest BCUT2D eigenvalue weighted by Gasteiger charge is 2.28. The number of nitriles is 1. The minimum Gasteiger partial charge on any atom is -0.484 e. The highest BCUT2D eigenvalue weighted by molar-refractivity contribution is 5.80. The van der Waals surface area contributed by atoms with Gasteiger partial charge in [0, 0.05) is 18.1 Å². The van der Waals surface area contributed by atoms with Crippen molar-refractivity contribution < 1.29 is 17.9 Å². The lowest BCUT2D eigenvalue weighted by Gasteiger charge is -2.13. The van der Waals surface area contributed by atoms with Crippen molar-refractivity contribution in [1.29, 1.82) is 5.26 Å². The van der Waals surface area contributed by atoms with Gasteiger partial charge in [-0.2, -0.15) is 18.4 Å². The minimum atomic E-state index is -4.39. The Morgan fingerprint density at radius 2 is 1.77 bits per heavy atom. The fourth-order valence-corrected chi connectivity index (χ4v) is 2.61. The smallest absolute Gasteiger partial charge is 0.422 e. The molecular weight excluding hydrogens is 345 g/mol. The van der Waals surface area contributed by atoms with E-state index in [1.807, 2.05) is 6.07 Å². The van der Waals surface area contributed by atoms with Crippen molar-refractivity contribution in [2.24, 2.45) is 0 Å². The zero-order chi connectivity index (χ0) is 18.7. The first kappa shape index (κ1) is 17.5. The number of para-hydroxylation sites is 1. The van der Waals surface area contributed by atoms with Gasteiger partial charge >= 0.3 is 6.18 Å². The number of hydrogen-bond donors (Lipinski definition) is 0. The van der Waals surface area contributed by atoms with Gasteiger partial charge in [-0.05, 0) is 29.8 Å². The average Bonchev–Trinajstić information content (AvgIpc) is 2.63. The molecule has 0 saturated heterocycles. The number of rotatable bonds is 4. The maximum absolute atomic E-state index is 12.2. The maximum Gasteiger partial charge on any atom is 0.422 e. The summed E-state index contributed by atoms with van der Waals surface area (Å²) >= 11 is 0. The molecular formula is C19H13F3N2O2. The number of pyridine rings is 1. The number of benzene rings is 2. The maximum atomic E-state index is 12.2. The summed E-state index contributed by atoms with van der Waals surface area (Å²) in [6.07, 6.45) is -2.90. The van der Waals surface area contributed by atoms with Gasteiger partial charge in [-0.15, -0.1) is 0 Å². The summed E-state index contributed by atoms with van der Waals surface area (Å²) in [5, 5.41) is 9.60. The first-order valence-electron chi connectivity index (χ1n) is 7.68. The van der Waals surface area contributed by atoms with Crippen molar-refractivity contribution >= 4 is 10.9 Å². The zero-order valence-electron chi connectivity index (χ0n) is 13.5. The van der Waals surface area contributed by atoms with E-state index in [0.717, 1.165) is 5.56 Å². The van der Waals surface area contributed by atoms with Gasteiger partial charge in [0.2, 0.25) is 5.43 Å². The summed E-state index contributed by atoms with van der Waals surface area (Å²) in [7, 11) is 0. The van der Waals surface area contributed by atoms with Crippen LogP contribution >= 0.6 is 0 Å². The lowest BCUT2D eigenvalue weighted by atomic mass is 10.1. The molecule has 26 heavy (non-hydrogen) atoms. The highest BCUT2D eigenvalue weighted by Crippen LogP contribution is 2.20. The number of halogens is 3. The number of nitrogens with zero attached hydrogens (tertiary/aromatic N) is 2. The third-order valence-electron chi connectivity index (χ3n) is 3.79. The number of ether oxygens (including phenoxy) is 1. The number of alkyl halides is 3. The standard InChI is InChI=1S/C19H13F3N2O2/c20-19(21,22)12-26-15-7-5-13(6-8-15)10-24-11-14(9-23)18(25)16-3-1-2-4-17(16)24/h1-8,11H,10,12H2. The average molecular weight is 358 g/mol. The lowest BCUT2D eigenvalue weighted by molar-refractivity contribution is -0.153. The van der Waals surface area contributed by atoms with Crippen molar-refractivity contribution in [3.63, 3.8) is 0 Å². The topological polar surface area (TPSA) is 55.0 Å². The van der Waals surface area contributed by atoms with E-state index in [9.17, 15) is 18.0 Å². The predicted octanol–water partition coefficient (Wildman–Crippen LogP) is 3.86. The molecule has 132 valence electrons. The second-order valence-electron chi connectivity index (χ2n) is 5.68. The molecule has 1 heterocycles. The molecule has 0 aliphatic heterocycles. The van der Waals surface area contributed by atoms with Gasteiger partial charge in [0.15, 0.2) is 6.61 Å². The summed E-state index contributed by atoms with van der Waals surface area (Å²) in [6.45, 7) is -0.989. The van der Waals surface area contributed by atoms with E-state index in [4.69, 9.17) is 5.26 Å². The molecule has 0 saturated carbocycles. The number of hydrogen-bond acceptors (Lipinski definition) is 3. The van der Waals surface area contributed by atoms with Crippen molar-refractivity contribution in [3.8, 4) is 11.8 Å². The molecule has 3 aromatic rings. The third kappa shape index (κ3) is 3.86. The quantitative estimate of drug-likeness (QED) is 0.712. The second kappa shape index (κ2) is 6.92. The summed E-state index contributed by atoms with van der Waals surface area (Å²) in [5.74, 6) is 0.119. The summed E-state index contributed by atoms with van der Waals surface area (Å²) in [6, 6.07) is 15.0. The monoisotopic (exact) mass is 358 g/mol. The molecule has 0 aliphatic rings. The van der Waals surface area contributed by atoms with Crippen LogP contribution in [0.3, 0.4) is 0 Å². The SMILES string of the molecule is N#Cc1cn(Cc2ccc(OCC(F)(F)F)cc2)c2ccccc2c1=O. The molecule has 0 fully saturated rings. The van der Waals surface area contributed by atoms with Gasteiger partial charge in [-0.3, -0.25) is 4.79 Å². The van der Waals surface area contributed by atoms with Gasteiger partial charge < -0.3 is 9.30 Å². The Morgan fingerprint density at radius 1 is 1.08 bits per heavy atom. The molecule has 0 amide bonds. The molecule has 0 unspecified atom stereocenters. The van der Waals surface area contributed by atoms with E-state index in [1.165, 1.54) is 18.3 Å². The molecule has 4 nitrogen and oxygen atoms in total. The lowest BCUT2D eigenvalue weighted by Crippen LogP contribution is -2.19. The van der Waals surface area contributed by atoms with E-state index in [-0.39, 0.29) is 16.7 Å². The highest BCUT2D eigenvalue weighted by atomic mass is 19.4.